The second-order valence-corrected chi connectivity index (χ2v) is 9.46. The molecule has 0 bridgehead atoms. The van der Waals surface area contributed by atoms with Crippen LogP contribution in [-0.4, -0.2) is 0 Å². The average Bonchev–Trinajstić information content (AvgIpc) is 2.74. The Morgan fingerprint density at radius 3 is 1.20 bits per heavy atom. The van der Waals surface area contributed by atoms with Crippen molar-refractivity contribution in [2.24, 2.45) is 0 Å². The highest BCUT2D eigenvalue weighted by Gasteiger charge is 2.11. The van der Waals surface area contributed by atoms with E-state index in [0.717, 1.165) is 0 Å². The first-order chi connectivity index (χ1) is 14.2. The van der Waals surface area contributed by atoms with Crippen LogP contribution in [0.4, 0.5) is 0 Å². The lowest BCUT2D eigenvalue weighted by molar-refractivity contribution is 0.790. The van der Waals surface area contributed by atoms with Gasteiger partial charge in [-0.1, -0.05) is 128 Å². The topological polar surface area (TPSA) is 0 Å². The van der Waals surface area contributed by atoms with Gasteiger partial charge in [0.15, 0.2) is 0 Å². The third-order valence-corrected chi connectivity index (χ3v) is 5.68. The van der Waals surface area contributed by atoms with Gasteiger partial charge in [-0.2, -0.15) is 0 Å². The highest BCUT2D eigenvalue weighted by atomic mass is 14.2. The summed E-state index contributed by atoms with van der Waals surface area (Å²) in [4.78, 5) is 0. The molecule has 160 valence electrons. The van der Waals surface area contributed by atoms with Crippen molar-refractivity contribution in [1.82, 2.24) is 0 Å². The number of rotatable bonds is 5. The summed E-state index contributed by atoms with van der Waals surface area (Å²) in [5, 5.41) is 0. The van der Waals surface area contributed by atoms with Crippen LogP contribution in [0.2, 0.25) is 0 Å². The third kappa shape index (κ3) is 6.33. The van der Waals surface area contributed by atoms with Gasteiger partial charge in [-0.25, -0.2) is 0 Å². The van der Waals surface area contributed by atoms with Gasteiger partial charge in [-0.15, -0.1) is 0 Å². The summed E-state index contributed by atoms with van der Waals surface area (Å²) in [6.45, 7) is 18.1. The van der Waals surface area contributed by atoms with Crippen molar-refractivity contribution in [3.63, 3.8) is 0 Å². The Hall–Kier alpha value is -2.34. The minimum Gasteiger partial charge on any atom is -0.0622 e. The second-order valence-electron chi connectivity index (χ2n) is 9.46. The predicted molar refractivity (Wildman–Crippen MR) is 135 cm³/mol. The molecule has 0 amide bonds. The first-order valence-corrected chi connectivity index (χ1v) is 11.5. The van der Waals surface area contributed by atoms with Crippen LogP contribution in [0.3, 0.4) is 0 Å². The minimum absolute atomic E-state index is 0.575. The highest BCUT2D eigenvalue weighted by molar-refractivity contribution is 5.65. The maximum absolute atomic E-state index is 2.36. The van der Waals surface area contributed by atoms with Crippen molar-refractivity contribution in [3.05, 3.63) is 95.1 Å². The molecule has 0 heterocycles. The standard InChI is InChI=1S/C18H22.C12H18/c1-13(2)17-11-10-16(12-18(17)14(3)4)15-8-6-5-7-9-15;1-9(2)11-7-5-6-8-12(11)10(3)4/h5-14H,1-4H3;5-10H,1-4H3. The van der Waals surface area contributed by atoms with E-state index in [-0.39, 0.29) is 0 Å². The Morgan fingerprint density at radius 2 is 0.767 bits per heavy atom. The first kappa shape index (κ1) is 23.9. The monoisotopic (exact) mass is 400 g/mol. The summed E-state index contributed by atoms with van der Waals surface area (Å²) >= 11 is 0. The maximum atomic E-state index is 2.36. The first-order valence-electron chi connectivity index (χ1n) is 11.5. The molecule has 0 spiro atoms. The normalized spacial score (nSPS) is 11.2. The van der Waals surface area contributed by atoms with E-state index in [2.05, 4.69) is 128 Å². The van der Waals surface area contributed by atoms with Crippen molar-refractivity contribution in [1.29, 1.82) is 0 Å². The van der Waals surface area contributed by atoms with Crippen LogP contribution in [0.5, 0.6) is 0 Å². The number of hydrogen-bond donors (Lipinski definition) is 0. The van der Waals surface area contributed by atoms with Crippen LogP contribution in [0.15, 0.2) is 72.8 Å². The summed E-state index contributed by atoms with van der Waals surface area (Å²) in [6.07, 6.45) is 0. The Morgan fingerprint density at radius 1 is 0.367 bits per heavy atom. The van der Waals surface area contributed by atoms with Crippen molar-refractivity contribution >= 4 is 0 Å². The molecule has 0 aliphatic rings. The SMILES string of the molecule is CC(C)c1ccc(-c2ccccc2)cc1C(C)C.CC(C)c1ccccc1C(C)C. The molecule has 3 aromatic rings. The molecule has 30 heavy (non-hydrogen) atoms. The molecule has 0 radical (unpaired) electrons. The van der Waals surface area contributed by atoms with E-state index >= 15 is 0 Å². The summed E-state index contributed by atoms with van der Waals surface area (Å²) in [6, 6.07) is 26.2. The van der Waals surface area contributed by atoms with Gasteiger partial charge in [-0.3, -0.25) is 0 Å². The van der Waals surface area contributed by atoms with Crippen molar-refractivity contribution in [2.75, 3.05) is 0 Å². The lowest BCUT2D eigenvalue weighted by Crippen LogP contribution is -1.98. The van der Waals surface area contributed by atoms with Crippen LogP contribution in [-0.2, 0) is 0 Å². The van der Waals surface area contributed by atoms with Crippen LogP contribution in [0, 0.1) is 0 Å². The van der Waals surface area contributed by atoms with E-state index in [0.29, 0.717) is 23.7 Å². The van der Waals surface area contributed by atoms with E-state index in [9.17, 15) is 0 Å². The maximum Gasteiger partial charge on any atom is -0.0181 e. The highest BCUT2D eigenvalue weighted by Crippen LogP contribution is 2.31. The van der Waals surface area contributed by atoms with Gasteiger partial charge in [0.1, 0.15) is 0 Å². The Labute approximate surface area is 185 Å². The zero-order valence-electron chi connectivity index (χ0n) is 20.2. The molecule has 0 N–H and O–H groups in total. The fraction of sp³-hybridized carbons (Fsp3) is 0.400. The Kier molecular flexibility index (Phi) is 8.90. The molecular weight excluding hydrogens is 360 g/mol. The van der Waals surface area contributed by atoms with Gasteiger partial charge in [0.2, 0.25) is 0 Å². The van der Waals surface area contributed by atoms with Crippen LogP contribution in [0.25, 0.3) is 11.1 Å². The predicted octanol–water partition coefficient (Wildman–Crippen LogP) is 9.53. The average molecular weight is 401 g/mol. The van der Waals surface area contributed by atoms with Crippen molar-refractivity contribution < 1.29 is 0 Å². The van der Waals surface area contributed by atoms with Gasteiger partial charge in [0.25, 0.3) is 0 Å². The fourth-order valence-corrected chi connectivity index (χ4v) is 3.97. The summed E-state index contributed by atoms with van der Waals surface area (Å²) in [5.41, 5.74) is 8.56. The molecule has 0 nitrogen and oxygen atoms in total. The van der Waals surface area contributed by atoms with Crippen molar-refractivity contribution in [2.45, 2.75) is 79.1 Å². The molecule has 0 fully saturated rings. The summed E-state index contributed by atoms with van der Waals surface area (Å²) < 4.78 is 0. The number of benzene rings is 3. The molecule has 0 aliphatic heterocycles. The fourth-order valence-electron chi connectivity index (χ4n) is 3.97. The smallest absolute Gasteiger partial charge is 0.0181 e. The van der Waals surface area contributed by atoms with Crippen LogP contribution < -0.4 is 0 Å². The molecule has 3 rings (SSSR count). The quantitative estimate of drug-likeness (QED) is 0.400. The van der Waals surface area contributed by atoms with E-state index in [1.807, 2.05) is 0 Å². The van der Waals surface area contributed by atoms with E-state index in [1.165, 1.54) is 33.4 Å². The van der Waals surface area contributed by atoms with E-state index < -0.39 is 0 Å². The Bertz CT molecular complexity index is 871. The zero-order chi connectivity index (χ0) is 22.3. The lowest BCUT2D eigenvalue weighted by Gasteiger charge is -2.17. The van der Waals surface area contributed by atoms with Crippen LogP contribution in [0.1, 0.15) is 101 Å². The molecule has 3 aromatic carbocycles. The van der Waals surface area contributed by atoms with Gasteiger partial charge >= 0.3 is 0 Å². The zero-order valence-corrected chi connectivity index (χ0v) is 20.2. The molecule has 0 saturated heterocycles. The lowest BCUT2D eigenvalue weighted by atomic mass is 9.88. The molecule has 0 atom stereocenters. The van der Waals surface area contributed by atoms with Gasteiger partial charge in [0.05, 0.1) is 0 Å². The largest absolute Gasteiger partial charge is 0.0622 e. The van der Waals surface area contributed by atoms with E-state index in [1.54, 1.807) is 0 Å². The third-order valence-electron chi connectivity index (χ3n) is 5.68. The second kappa shape index (κ2) is 11.2. The van der Waals surface area contributed by atoms with Gasteiger partial charge < -0.3 is 0 Å². The van der Waals surface area contributed by atoms with Gasteiger partial charge in [-0.05, 0) is 57.1 Å². The van der Waals surface area contributed by atoms with Gasteiger partial charge in [0, 0.05) is 0 Å². The van der Waals surface area contributed by atoms with Crippen LogP contribution >= 0.6 is 0 Å². The van der Waals surface area contributed by atoms with E-state index in [4.69, 9.17) is 0 Å². The molecule has 0 aromatic heterocycles. The molecule has 0 unspecified atom stereocenters. The molecule has 0 saturated carbocycles. The number of hydrogen-bond acceptors (Lipinski definition) is 0. The van der Waals surface area contributed by atoms with Crippen molar-refractivity contribution in [3.8, 4) is 11.1 Å². The summed E-state index contributed by atoms with van der Waals surface area (Å²) in [7, 11) is 0. The molecule has 0 heteroatoms. The molecular formula is C30H40. The minimum atomic E-state index is 0.575. The molecule has 0 aliphatic carbocycles. The summed E-state index contributed by atoms with van der Waals surface area (Å²) in [5.74, 6) is 2.45. The Balaban J connectivity index is 0.000000232.